The summed E-state index contributed by atoms with van der Waals surface area (Å²) in [7, 11) is 0. The van der Waals surface area contributed by atoms with Gasteiger partial charge >= 0.3 is 0 Å². The molecule has 2 saturated heterocycles. The van der Waals surface area contributed by atoms with Crippen LogP contribution in [0.1, 0.15) is 24.8 Å². The highest BCUT2D eigenvalue weighted by molar-refractivity contribution is 5.99. The van der Waals surface area contributed by atoms with Crippen LogP contribution in [0.5, 0.6) is 0 Å². The molecular formula is C16H19NO3. The lowest BCUT2D eigenvalue weighted by molar-refractivity contribution is -0.142. The predicted molar refractivity (Wildman–Crippen MR) is 73.9 cm³/mol. The molecule has 1 N–H and O–H groups in total. The monoisotopic (exact) mass is 273 g/mol. The Morgan fingerprint density at radius 1 is 1.20 bits per heavy atom. The van der Waals surface area contributed by atoms with Crippen LogP contribution in [0.15, 0.2) is 30.3 Å². The number of carbonyl (C=O) groups is 2. The molecule has 2 amide bonds. The summed E-state index contributed by atoms with van der Waals surface area (Å²) < 4.78 is 5.72. The summed E-state index contributed by atoms with van der Waals surface area (Å²) >= 11 is 0. The first-order valence-corrected chi connectivity index (χ1v) is 7.23. The lowest BCUT2D eigenvalue weighted by atomic mass is 9.77. The number of ether oxygens (including phenoxy) is 1. The maximum absolute atomic E-state index is 12.2. The molecule has 0 bridgehead atoms. The summed E-state index contributed by atoms with van der Waals surface area (Å²) in [6.07, 6.45) is 3.10. The van der Waals surface area contributed by atoms with Gasteiger partial charge in [0.05, 0.1) is 6.10 Å². The molecule has 0 radical (unpaired) electrons. The number of piperidine rings is 1. The summed E-state index contributed by atoms with van der Waals surface area (Å²) in [5, 5.41) is 2.47. The van der Waals surface area contributed by atoms with Gasteiger partial charge in [0.2, 0.25) is 11.8 Å². The van der Waals surface area contributed by atoms with Crippen molar-refractivity contribution in [1.82, 2.24) is 5.32 Å². The number of imide groups is 1. The van der Waals surface area contributed by atoms with Gasteiger partial charge in [0.1, 0.15) is 0 Å². The van der Waals surface area contributed by atoms with Crippen LogP contribution >= 0.6 is 0 Å². The normalized spacial score (nSPS) is 30.3. The Kier molecular flexibility index (Phi) is 3.83. The van der Waals surface area contributed by atoms with Crippen LogP contribution in [0.25, 0.3) is 0 Å². The molecule has 4 heteroatoms. The number of carbonyl (C=O) groups excluding carboxylic acids is 2. The van der Waals surface area contributed by atoms with Gasteiger partial charge in [-0.1, -0.05) is 30.3 Å². The van der Waals surface area contributed by atoms with Crippen molar-refractivity contribution in [2.24, 2.45) is 11.8 Å². The predicted octanol–water partition coefficient (Wildman–Crippen LogP) is 1.69. The minimum absolute atomic E-state index is 0.0129. The van der Waals surface area contributed by atoms with E-state index in [4.69, 9.17) is 4.74 Å². The highest BCUT2D eigenvalue weighted by Gasteiger charge is 2.41. The van der Waals surface area contributed by atoms with Crippen LogP contribution in [-0.4, -0.2) is 24.5 Å². The van der Waals surface area contributed by atoms with Crippen molar-refractivity contribution in [1.29, 1.82) is 0 Å². The second-order valence-electron chi connectivity index (χ2n) is 5.63. The van der Waals surface area contributed by atoms with E-state index in [9.17, 15) is 9.59 Å². The number of rotatable bonds is 3. The van der Waals surface area contributed by atoms with Crippen molar-refractivity contribution in [2.45, 2.75) is 31.8 Å². The average Bonchev–Trinajstić information content (AvgIpc) is 2.96. The molecule has 2 heterocycles. The summed E-state index contributed by atoms with van der Waals surface area (Å²) in [5.41, 5.74) is 1.13. The van der Waals surface area contributed by atoms with Crippen LogP contribution in [-0.2, 0) is 20.7 Å². The minimum Gasteiger partial charge on any atom is -0.378 e. The lowest BCUT2D eigenvalue weighted by Crippen LogP contribution is -2.49. The van der Waals surface area contributed by atoms with Crippen LogP contribution in [0, 0.1) is 11.8 Å². The van der Waals surface area contributed by atoms with Gasteiger partial charge in [-0.15, -0.1) is 0 Å². The van der Waals surface area contributed by atoms with Crippen molar-refractivity contribution in [2.75, 3.05) is 6.61 Å². The van der Waals surface area contributed by atoms with Crippen LogP contribution in [0.3, 0.4) is 0 Å². The molecule has 106 valence electrons. The lowest BCUT2D eigenvalue weighted by Gasteiger charge is -2.33. The highest BCUT2D eigenvalue weighted by atomic mass is 16.5. The van der Waals surface area contributed by atoms with Gasteiger partial charge in [0.15, 0.2) is 0 Å². The Morgan fingerprint density at radius 2 is 2.00 bits per heavy atom. The summed E-state index contributed by atoms with van der Waals surface area (Å²) in [5.74, 6) is -0.470. The Bertz CT molecular complexity index is 494. The van der Waals surface area contributed by atoms with Gasteiger partial charge < -0.3 is 4.74 Å². The van der Waals surface area contributed by atoms with Crippen molar-refractivity contribution in [3.8, 4) is 0 Å². The van der Waals surface area contributed by atoms with E-state index in [1.54, 1.807) is 0 Å². The second-order valence-corrected chi connectivity index (χ2v) is 5.63. The maximum Gasteiger partial charge on any atom is 0.230 e. The maximum atomic E-state index is 12.2. The topological polar surface area (TPSA) is 55.4 Å². The molecule has 1 aromatic rings. The van der Waals surface area contributed by atoms with E-state index in [-0.39, 0.29) is 29.8 Å². The van der Waals surface area contributed by atoms with Crippen LogP contribution in [0.4, 0.5) is 0 Å². The molecular weight excluding hydrogens is 254 g/mol. The number of hydrogen-bond acceptors (Lipinski definition) is 3. The van der Waals surface area contributed by atoms with Crippen LogP contribution in [0.2, 0.25) is 0 Å². The van der Waals surface area contributed by atoms with E-state index in [0.29, 0.717) is 12.8 Å². The Balaban J connectivity index is 1.80. The SMILES string of the molecule is O=C1CC(C2CCCO2)C(Cc2ccccc2)C(=O)N1. The van der Waals surface area contributed by atoms with E-state index in [1.807, 2.05) is 30.3 Å². The Morgan fingerprint density at radius 3 is 2.70 bits per heavy atom. The molecule has 0 saturated carbocycles. The first-order chi connectivity index (χ1) is 9.74. The quantitative estimate of drug-likeness (QED) is 0.853. The van der Waals surface area contributed by atoms with E-state index >= 15 is 0 Å². The molecule has 0 aliphatic carbocycles. The number of amides is 2. The molecule has 0 aromatic heterocycles. The zero-order valence-corrected chi connectivity index (χ0v) is 11.4. The van der Waals surface area contributed by atoms with Gasteiger partial charge in [-0.3, -0.25) is 14.9 Å². The van der Waals surface area contributed by atoms with E-state index in [2.05, 4.69) is 5.32 Å². The van der Waals surface area contributed by atoms with E-state index < -0.39 is 0 Å². The number of benzene rings is 1. The van der Waals surface area contributed by atoms with E-state index in [0.717, 1.165) is 25.0 Å². The average molecular weight is 273 g/mol. The minimum atomic E-state index is -0.168. The first-order valence-electron chi connectivity index (χ1n) is 7.23. The molecule has 3 rings (SSSR count). The fourth-order valence-electron chi connectivity index (χ4n) is 3.27. The van der Waals surface area contributed by atoms with Gasteiger partial charge in [-0.25, -0.2) is 0 Å². The molecule has 4 nitrogen and oxygen atoms in total. The molecule has 0 spiro atoms. The zero-order chi connectivity index (χ0) is 13.9. The second kappa shape index (κ2) is 5.75. The zero-order valence-electron chi connectivity index (χ0n) is 11.4. The Labute approximate surface area is 118 Å². The summed E-state index contributed by atoms with van der Waals surface area (Å²) in [6, 6.07) is 9.96. The van der Waals surface area contributed by atoms with Crippen LogP contribution < -0.4 is 5.32 Å². The van der Waals surface area contributed by atoms with Gasteiger partial charge in [0, 0.05) is 24.9 Å². The molecule has 1 aromatic carbocycles. The van der Waals surface area contributed by atoms with Gasteiger partial charge in [0.25, 0.3) is 0 Å². The molecule has 3 unspecified atom stereocenters. The Hall–Kier alpha value is -1.68. The first kappa shape index (κ1) is 13.3. The fraction of sp³-hybridized carbons (Fsp3) is 0.500. The molecule has 2 fully saturated rings. The fourth-order valence-corrected chi connectivity index (χ4v) is 3.27. The summed E-state index contributed by atoms with van der Waals surface area (Å²) in [6.45, 7) is 0.745. The van der Waals surface area contributed by atoms with Gasteiger partial charge in [-0.2, -0.15) is 0 Å². The molecule has 2 aliphatic rings. The molecule has 3 atom stereocenters. The molecule has 2 aliphatic heterocycles. The van der Waals surface area contributed by atoms with Crippen molar-refractivity contribution < 1.29 is 14.3 Å². The van der Waals surface area contributed by atoms with E-state index in [1.165, 1.54) is 0 Å². The van der Waals surface area contributed by atoms with Gasteiger partial charge in [-0.05, 0) is 24.8 Å². The van der Waals surface area contributed by atoms with Crippen molar-refractivity contribution in [3.05, 3.63) is 35.9 Å². The third kappa shape index (κ3) is 2.75. The smallest absolute Gasteiger partial charge is 0.230 e. The number of hydrogen-bond donors (Lipinski definition) is 1. The summed E-state index contributed by atoms with van der Waals surface area (Å²) in [4.78, 5) is 23.8. The third-order valence-electron chi connectivity index (χ3n) is 4.28. The largest absolute Gasteiger partial charge is 0.378 e. The highest BCUT2D eigenvalue weighted by Crippen LogP contribution is 2.33. The van der Waals surface area contributed by atoms with Crippen molar-refractivity contribution >= 4 is 11.8 Å². The number of nitrogens with one attached hydrogen (secondary N) is 1. The standard InChI is InChI=1S/C16H19NO3/c18-15-10-12(14-7-4-8-20-14)13(16(19)17-15)9-11-5-2-1-3-6-11/h1-3,5-6,12-14H,4,7-10H2,(H,17,18,19). The third-order valence-corrected chi connectivity index (χ3v) is 4.28. The van der Waals surface area contributed by atoms with Crippen molar-refractivity contribution in [3.63, 3.8) is 0 Å². The molecule has 20 heavy (non-hydrogen) atoms.